The first-order chi connectivity index (χ1) is 14.5. The van der Waals surface area contributed by atoms with Crippen molar-refractivity contribution in [1.82, 2.24) is 14.7 Å². The summed E-state index contributed by atoms with van der Waals surface area (Å²) in [6.45, 7) is 0.973. The number of aromatic nitrogens is 2. The first-order valence-electron chi connectivity index (χ1n) is 9.92. The molecule has 0 saturated carbocycles. The van der Waals surface area contributed by atoms with E-state index in [1.807, 2.05) is 24.3 Å². The lowest BCUT2D eigenvalue weighted by molar-refractivity contribution is 0.0688. The molecule has 0 fully saturated rings. The number of hydrogen-bond donors (Lipinski definition) is 1. The van der Waals surface area contributed by atoms with Gasteiger partial charge in [-0.2, -0.15) is 5.10 Å². The molecular formula is C23H21N3O4. The van der Waals surface area contributed by atoms with Gasteiger partial charge in [-0.25, -0.2) is 9.59 Å². The predicted octanol–water partition coefficient (Wildman–Crippen LogP) is 3.43. The molecule has 0 spiro atoms. The van der Waals surface area contributed by atoms with E-state index in [2.05, 4.69) is 29.4 Å². The van der Waals surface area contributed by atoms with E-state index in [1.165, 1.54) is 22.3 Å². The Labute approximate surface area is 173 Å². The van der Waals surface area contributed by atoms with Crippen LogP contribution in [0.25, 0.3) is 11.1 Å². The Bertz CT molecular complexity index is 1120. The van der Waals surface area contributed by atoms with Crippen LogP contribution < -0.4 is 0 Å². The van der Waals surface area contributed by atoms with E-state index in [4.69, 9.17) is 4.74 Å². The zero-order chi connectivity index (χ0) is 20.8. The van der Waals surface area contributed by atoms with Crippen molar-refractivity contribution in [2.24, 2.45) is 7.05 Å². The predicted molar refractivity (Wildman–Crippen MR) is 109 cm³/mol. The lowest BCUT2D eigenvalue weighted by Gasteiger charge is -2.27. The normalized spacial score (nSPS) is 14.8. The third kappa shape index (κ3) is 2.85. The molecule has 2 aromatic carbocycles. The van der Waals surface area contributed by atoms with Crippen LogP contribution in [-0.4, -0.2) is 45.0 Å². The van der Waals surface area contributed by atoms with E-state index in [1.54, 1.807) is 16.6 Å². The molecule has 0 radical (unpaired) electrons. The second-order valence-corrected chi connectivity index (χ2v) is 7.68. The first kappa shape index (κ1) is 18.4. The molecule has 1 aliphatic heterocycles. The van der Waals surface area contributed by atoms with Crippen LogP contribution in [0.5, 0.6) is 0 Å². The van der Waals surface area contributed by atoms with Gasteiger partial charge in [0.15, 0.2) is 5.69 Å². The van der Waals surface area contributed by atoms with Crippen molar-refractivity contribution >= 4 is 12.1 Å². The lowest BCUT2D eigenvalue weighted by Crippen LogP contribution is -2.37. The summed E-state index contributed by atoms with van der Waals surface area (Å²) in [5.41, 5.74) is 6.23. The molecule has 1 aliphatic carbocycles. The number of fused-ring (bicyclic) bond motifs is 4. The number of carboxylic acid groups (broad SMARTS) is 1. The third-order valence-electron chi connectivity index (χ3n) is 6.04. The number of rotatable bonds is 3. The van der Waals surface area contributed by atoms with Crippen LogP contribution in [0.4, 0.5) is 4.79 Å². The SMILES string of the molecule is Cn1nc(C(=O)O)c2c1CN(C(=O)OCC1c3ccccc3-c3ccccc31)CC2. The zero-order valence-corrected chi connectivity index (χ0v) is 16.5. The van der Waals surface area contributed by atoms with Crippen LogP contribution in [0, 0.1) is 0 Å². The molecule has 1 N–H and O–H groups in total. The molecule has 152 valence electrons. The molecule has 30 heavy (non-hydrogen) atoms. The fourth-order valence-corrected chi connectivity index (χ4v) is 4.58. The number of amides is 1. The molecule has 5 rings (SSSR count). The minimum absolute atomic E-state index is 0.0111. The van der Waals surface area contributed by atoms with Crippen molar-refractivity contribution in [3.8, 4) is 11.1 Å². The molecule has 2 heterocycles. The van der Waals surface area contributed by atoms with Crippen molar-refractivity contribution in [2.75, 3.05) is 13.2 Å². The van der Waals surface area contributed by atoms with Gasteiger partial charge in [-0.3, -0.25) is 4.68 Å². The van der Waals surface area contributed by atoms with Crippen molar-refractivity contribution in [2.45, 2.75) is 18.9 Å². The number of hydrogen-bond acceptors (Lipinski definition) is 4. The average molecular weight is 403 g/mol. The lowest BCUT2D eigenvalue weighted by atomic mass is 9.98. The van der Waals surface area contributed by atoms with Gasteiger partial charge in [0.05, 0.1) is 12.2 Å². The summed E-state index contributed by atoms with van der Waals surface area (Å²) < 4.78 is 7.27. The summed E-state index contributed by atoms with van der Waals surface area (Å²) in [6.07, 6.45) is 0.0650. The van der Waals surface area contributed by atoms with Gasteiger partial charge in [-0.05, 0) is 28.7 Å². The van der Waals surface area contributed by atoms with E-state index < -0.39 is 5.97 Å². The molecular weight excluding hydrogens is 382 g/mol. The highest BCUT2D eigenvalue weighted by atomic mass is 16.6. The van der Waals surface area contributed by atoms with Crippen LogP contribution in [0.15, 0.2) is 48.5 Å². The minimum Gasteiger partial charge on any atom is -0.476 e. The minimum atomic E-state index is -1.04. The number of carbonyl (C=O) groups excluding carboxylic acids is 1. The monoisotopic (exact) mass is 403 g/mol. The van der Waals surface area contributed by atoms with Crippen molar-refractivity contribution < 1.29 is 19.4 Å². The van der Waals surface area contributed by atoms with Gasteiger partial charge in [0.25, 0.3) is 0 Å². The van der Waals surface area contributed by atoms with Crippen LogP contribution in [0.1, 0.15) is 38.8 Å². The summed E-state index contributed by atoms with van der Waals surface area (Å²) in [5.74, 6) is -1.03. The van der Waals surface area contributed by atoms with E-state index in [0.717, 1.165) is 5.69 Å². The van der Waals surface area contributed by atoms with Gasteiger partial charge in [-0.1, -0.05) is 48.5 Å². The highest BCUT2D eigenvalue weighted by molar-refractivity contribution is 5.87. The maximum absolute atomic E-state index is 12.8. The van der Waals surface area contributed by atoms with Crippen LogP contribution in [-0.2, 0) is 24.8 Å². The van der Waals surface area contributed by atoms with Crippen molar-refractivity contribution in [1.29, 1.82) is 0 Å². The summed E-state index contributed by atoms with van der Waals surface area (Å²) in [7, 11) is 1.70. The van der Waals surface area contributed by atoms with Crippen LogP contribution in [0.3, 0.4) is 0 Å². The largest absolute Gasteiger partial charge is 0.476 e. The number of nitrogens with zero attached hydrogens (tertiary/aromatic N) is 3. The van der Waals surface area contributed by atoms with Gasteiger partial charge >= 0.3 is 12.1 Å². The topological polar surface area (TPSA) is 84.7 Å². The third-order valence-corrected chi connectivity index (χ3v) is 6.04. The summed E-state index contributed by atoms with van der Waals surface area (Å²) in [5, 5.41) is 13.4. The number of benzene rings is 2. The highest BCUT2D eigenvalue weighted by Crippen LogP contribution is 2.44. The molecule has 2 aliphatic rings. The first-order valence-corrected chi connectivity index (χ1v) is 9.92. The Morgan fingerprint density at radius 2 is 1.73 bits per heavy atom. The van der Waals surface area contributed by atoms with Gasteiger partial charge in [-0.15, -0.1) is 0 Å². The number of aromatic carboxylic acids is 1. The van der Waals surface area contributed by atoms with Crippen LogP contribution >= 0.6 is 0 Å². The Balaban J connectivity index is 1.32. The maximum Gasteiger partial charge on any atom is 0.410 e. The van der Waals surface area contributed by atoms with E-state index >= 15 is 0 Å². The van der Waals surface area contributed by atoms with Gasteiger partial charge in [0.2, 0.25) is 0 Å². The molecule has 0 bridgehead atoms. The van der Waals surface area contributed by atoms with E-state index in [0.29, 0.717) is 25.1 Å². The molecule has 7 nitrogen and oxygen atoms in total. The quantitative estimate of drug-likeness (QED) is 0.724. The van der Waals surface area contributed by atoms with Crippen molar-refractivity contribution in [3.05, 3.63) is 76.6 Å². The number of carbonyl (C=O) groups is 2. The Morgan fingerprint density at radius 3 is 2.37 bits per heavy atom. The van der Waals surface area contributed by atoms with Gasteiger partial charge in [0, 0.05) is 25.1 Å². The number of ether oxygens (including phenoxy) is 1. The molecule has 7 heteroatoms. The molecule has 1 amide bonds. The number of carboxylic acids is 1. The molecule has 0 saturated heterocycles. The van der Waals surface area contributed by atoms with E-state index in [-0.39, 0.29) is 24.3 Å². The molecule has 1 aromatic heterocycles. The summed E-state index contributed by atoms with van der Waals surface area (Å²) >= 11 is 0. The van der Waals surface area contributed by atoms with E-state index in [9.17, 15) is 14.7 Å². The fourth-order valence-electron chi connectivity index (χ4n) is 4.58. The summed E-state index contributed by atoms with van der Waals surface area (Å²) in [6, 6.07) is 16.4. The molecule has 3 aromatic rings. The zero-order valence-electron chi connectivity index (χ0n) is 16.5. The maximum atomic E-state index is 12.8. The standard InChI is InChI=1S/C23H21N3O4/c1-25-20-12-26(11-10-18(20)21(24-25)22(27)28)23(29)30-13-19-16-8-4-2-6-14(16)15-7-3-5-9-17(15)19/h2-9,19H,10-13H2,1H3,(H,27,28). The summed E-state index contributed by atoms with van der Waals surface area (Å²) in [4.78, 5) is 25.8. The van der Waals surface area contributed by atoms with Gasteiger partial charge in [0.1, 0.15) is 6.61 Å². The molecule has 0 unspecified atom stereocenters. The average Bonchev–Trinajstić information content (AvgIpc) is 3.27. The second kappa shape index (κ2) is 7.02. The smallest absolute Gasteiger partial charge is 0.410 e. The fraction of sp³-hybridized carbons (Fsp3) is 0.261. The Kier molecular flexibility index (Phi) is 4.31. The second-order valence-electron chi connectivity index (χ2n) is 7.68. The van der Waals surface area contributed by atoms with Gasteiger partial charge < -0.3 is 14.7 Å². The van der Waals surface area contributed by atoms with Crippen molar-refractivity contribution in [3.63, 3.8) is 0 Å². The number of aryl methyl sites for hydroxylation is 1. The van der Waals surface area contributed by atoms with Crippen LogP contribution in [0.2, 0.25) is 0 Å². The molecule has 0 atom stereocenters. The highest BCUT2D eigenvalue weighted by Gasteiger charge is 2.32. The Morgan fingerprint density at radius 1 is 1.10 bits per heavy atom. The Hall–Kier alpha value is -3.61.